The Kier molecular flexibility index (Phi) is 10.4. The second kappa shape index (κ2) is 8.53. The van der Waals surface area contributed by atoms with Gasteiger partial charge in [0.2, 0.25) is 0 Å². The molecule has 0 rings (SSSR count). The van der Waals surface area contributed by atoms with Gasteiger partial charge in [-0.1, -0.05) is 19.8 Å². The number of carbonyl (C=O) groups is 1. The molecule has 0 amide bonds. The maximum absolute atomic E-state index is 10.5. The second-order valence-electron chi connectivity index (χ2n) is 2.03. The van der Waals surface area contributed by atoms with Gasteiger partial charge in [0.25, 0.3) is 0 Å². The van der Waals surface area contributed by atoms with Gasteiger partial charge in [0.1, 0.15) is 0 Å². The predicted octanol–water partition coefficient (Wildman–Crippen LogP) is 1.36. The van der Waals surface area contributed by atoms with E-state index in [0.717, 1.165) is 19.3 Å². The Bertz CT molecular complexity index is 83.7. The van der Waals surface area contributed by atoms with E-state index >= 15 is 0 Å². The largest absolute Gasteiger partial charge is 0.469 e. The zero-order valence-corrected chi connectivity index (χ0v) is 6.72. The van der Waals surface area contributed by atoms with Crippen molar-refractivity contribution in [1.29, 1.82) is 0 Å². The minimum Gasteiger partial charge on any atom is -0.469 e. The number of carbonyl (C=O) groups excluding carboxylic acids is 1. The molecule has 0 atom stereocenters. The zero-order valence-electron chi connectivity index (χ0n) is 6.72. The van der Waals surface area contributed by atoms with Crippen molar-refractivity contribution in [2.45, 2.75) is 32.6 Å². The normalized spacial score (nSPS) is 8.20. The third-order valence-electron chi connectivity index (χ3n) is 1.21. The van der Waals surface area contributed by atoms with Crippen LogP contribution in [0.25, 0.3) is 0 Å². The smallest absolute Gasteiger partial charge is 0.305 e. The number of unbranched alkanes of at least 4 members (excludes halogenated alkanes) is 2. The topological polar surface area (TPSA) is 26.3 Å². The predicted molar refractivity (Wildman–Crippen MR) is 41.9 cm³/mol. The number of hydrogen-bond donors (Lipinski definition) is 0. The molecule has 0 aliphatic carbocycles. The molecular weight excluding hydrogens is 127 g/mol. The molecule has 3 radical (unpaired) electrons. The molecule has 0 saturated carbocycles. The number of rotatable bonds is 4. The van der Waals surface area contributed by atoms with E-state index < -0.39 is 0 Å². The molecule has 57 valence electrons. The Balaban J connectivity index is 0. The average Bonchev–Trinajstić information content (AvgIpc) is 1.89. The molecule has 0 heterocycles. The van der Waals surface area contributed by atoms with E-state index in [2.05, 4.69) is 11.7 Å². The van der Waals surface area contributed by atoms with E-state index in [0.29, 0.717) is 6.42 Å². The molecule has 0 bridgehead atoms. The van der Waals surface area contributed by atoms with Gasteiger partial charge in [0.15, 0.2) is 0 Å². The minimum atomic E-state index is -0.0940. The molecule has 0 aromatic heterocycles. The fraction of sp³-hybridized carbons (Fsp3) is 0.857. The van der Waals surface area contributed by atoms with Crippen LogP contribution in [-0.4, -0.2) is 21.5 Å². The van der Waals surface area contributed by atoms with Crippen LogP contribution >= 0.6 is 0 Å². The Hall–Kier alpha value is -0.465. The molecule has 10 heavy (non-hydrogen) atoms. The van der Waals surface area contributed by atoms with Crippen molar-refractivity contribution in [2.75, 3.05) is 7.11 Å². The van der Waals surface area contributed by atoms with E-state index in [4.69, 9.17) is 0 Å². The lowest BCUT2D eigenvalue weighted by Crippen LogP contribution is -1.98. The van der Waals surface area contributed by atoms with E-state index in [1.807, 2.05) is 0 Å². The second-order valence-corrected chi connectivity index (χ2v) is 2.03. The van der Waals surface area contributed by atoms with Gasteiger partial charge in [-0.2, -0.15) is 0 Å². The quantitative estimate of drug-likeness (QED) is 0.335. The van der Waals surface area contributed by atoms with Crippen molar-refractivity contribution in [1.82, 2.24) is 0 Å². The highest BCUT2D eigenvalue weighted by atomic mass is 16.5. The Morgan fingerprint density at radius 3 is 2.40 bits per heavy atom. The number of methoxy groups -OCH3 is 1. The first-order valence-electron chi connectivity index (χ1n) is 3.38. The molecule has 0 N–H and O–H groups in total. The van der Waals surface area contributed by atoms with Crippen LogP contribution < -0.4 is 0 Å². The summed E-state index contributed by atoms with van der Waals surface area (Å²) >= 11 is 0. The summed E-state index contributed by atoms with van der Waals surface area (Å²) < 4.78 is 4.46. The molecule has 0 aliphatic rings. The molecule has 0 spiro atoms. The average molecular weight is 141 g/mol. The third-order valence-corrected chi connectivity index (χ3v) is 1.21. The first-order chi connectivity index (χ1) is 4.31. The van der Waals surface area contributed by atoms with Crippen molar-refractivity contribution in [3.8, 4) is 0 Å². The van der Waals surface area contributed by atoms with Crippen LogP contribution in [0, 0.1) is 0 Å². The summed E-state index contributed by atoms with van der Waals surface area (Å²) in [6.45, 7) is 2.11. The van der Waals surface area contributed by atoms with Gasteiger partial charge in [0.05, 0.1) is 7.11 Å². The molecule has 0 saturated heterocycles. The van der Waals surface area contributed by atoms with Crippen LogP contribution in [0.3, 0.4) is 0 Å². The van der Waals surface area contributed by atoms with Crippen molar-refractivity contribution < 1.29 is 9.53 Å². The Morgan fingerprint density at radius 2 is 2.00 bits per heavy atom. The maximum atomic E-state index is 10.5. The summed E-state index contributed by atoms with van der Waals surface area (Å²) in [5.41, 5.74) is 0. The van der Waals surface area contributed by atoms with Crippen LogP contribution in [0.15, 0.2) is 0 Å². The highest BCUT2D eigenvalue weighted by Crippen LogP contribution is 1.98. The molecule has 0 aromatic carbocycles. The van der Waals surface area contributed by atoms with E-state index in [1.54, 1.807) is 0 Å². The number of esters is 1. The van der Waals surface area contributed by atoms with Crippen LogP contribution in [0.1, 0.15) is 32.6 Å². The van der Waals surface area contributed by atoms with Crippen LogP contribution in [0.5, 0.6) is 0 Å². The summed E-state index contributed by atoms with van der Waals surface area (Å²) in [7, 11) is 1.42. The molecule has 3 heteroatoms. The SMILES string of the molecule is CCCCCC(=O)OC.[B]. The van der Waals surface area contributed by atoms with E-state index in [1.165, 1.54) is 7.11 Å². The van der Waals surface area contributed by atoms with Gasteiger partial charge < -0.3 is 4.74 Å². The highest BCUT2D eigenvalue weighted by molar-refractivity contribution is 5.75. The molecular formula is C7H14BO2. The third kappa shape index (κ3) is 7.53. The Labute approximate surface area is 64.5 Å². The van der Waals surface area contributed by atoms with E-state index in [-0.39, 0.29) is 14.4 Å². The van der Waals surface area contributed by atoms with Gasteiger partial charge in [-0.15, -0.1) is 0 Å². The van der Waals surface area contributed by atoms with Crippen molar-refractivity contribution in [3.05, 3.63) is 0 Å². The fourth-order valence-corrected chi connectivity index (χ4v) is 0.621. The zero-order chi connectivity index (χ0) is 7.11. The van der Waals surface area contributed by atoms with Crippen molar-refractivity contribution in [3.63, 3.8) is 0 Å². The standard InChI is InChI=1S/C7H14O2.B/c1-3-4-5-6-7(8)9-2;/h3-6H2,1-2H3;. The monoisotopic (exact) mass is 141 g/mol. The van der Waals surface area contributed by atoms with Gasteiger partial charge in [-0.3, -0.25) is 4.79 Å². The van der Waals surface area contributed by atoms with Gasteiger partial charge in [-0.25, -0.2) is 0 Å². The van der Waals surface area contributed by atoms with Crippen LogP contribution in [0.2, 0.25) is 0 Å². The first kappa shape index (κ1) is 12.2. The minimum absolute atomic E-state index is 0. The lowest BCUT2D eigenvalue weighted by atomic mass is 10.2. The Morgan fingerprint density at radius 1 is 1.40 bits per heavy atom. The van der Waals surface area contributed by atoms with E-state index in [9.17, 15) is 4.79 Å². The van der Waals surface area contributed by atoms with Crippen LogP contribution in [-0.2, 0) is 9.53 Å². The maximum Gasteiger partial charge on any atom is 0.305 e. The summed E-state index contributed by atoms with van der Waals surface area (Å²) in [5, 5.41) is 0. The lowest BCUT2D eigenvalue weighted by Gasteiger charge is -1.95. The lowest BCUT2D eigenvalue weighted by molar-refractivity contribution is -0.140. The molecule has 0 aromatic rings. The summed E-state index contributed by atoms with van der Waals surface area (Å²) in [4.78, 5) is 10.5. The van der Waals surface area contributed by atoms with Crippen molar-refractivity contribution in [2.24, 2.45) is 0 Å². The van der Waals surface area contributed by atoms with Crippen molar-refractivity contribution >= 4 is 14.4 Å². The molecule has 0 aliphatic heterocycles. The first-order valence-corrected chi connectivity index (χ1v) is 3.38. The molecule has 0 unspecified atom stereocenters. The number of hydrogen-bond acceptors (Lipinski definition) is 2. The fourth-order valence-electron chi connectivity index (χ4n) is 0.621. The summed E-state index contributed by atoms with van der Waals surface area (Å²) in [6, 6.07) is 0. The molecule has 0 fully saturated rings. The van der Waals surface area contributed by atoms with Gasteiger partial charge in [-0.05, 0) is 6.42 Å². The molecule has 2 nitrogen and oxygen atoms in total. The summed E-state index contributed by atoms with van der Waals surface area (Å²) in [6.07, 6.45) is 3.81. The highest BCUT2D eigenvalue weighted by Gasteiger charge is 1.96. The van der Waals surface area contributed by atoms with Gasteiger partial charge >= 0.3 is 5.97 Å². The summed E-state index contributed by atoms with van der Waals surface area (Å²) in [5.74, 6) is -0.0940. The van der Waals surface area contributed by atoms with Gasteiger partial charge in [0, 0.05) is 14.8 Å². The number of ether oxygens (including phenoxy) is 1. The van der Waals surface area contributed by atoms with Crippen LogP contribution in [0.4, 0.5) is 0 Å².